The molecule has 0 spiro atoms. The number of hydrogen-bond acceptors (Lipinski definition) is 3. The molecule has 0 saturated carbocycles. The third kappa shape index (κ3) is 6.49. The molecule has 3 rings (SSSR count). The smallest absolute Gasteiger partial charge is 0.243 e. The molecule has 5 nitrogen and oxygen atoms in total. The van der Waals surface area contributed by atoms with Crippen molar-refractivity contribution in [1.82, 2.24) is 4.31 Å². The normalized spacial score (nSPS) is 11.6. The maximum atomic E-state index is 13.5. The van der Waals surface area contributed by atoms with E-state index in [1.54, 1.807) is 36.4 Å². The van der Waals surface area contributed by atoms with Gasteiger partial charge in [0.1, 0.15) is 0 Å². The fraction of sp³-hybridized carbons (Fsp3) is 0.240. The zero-order valence-electron chi connectivity index (χ0n) is 18.8. The summed E-state index contributed by atoms with van der Waals surface area (Å²) in [6.45, 7) is 3.64. The topological polar surface area (TPSA) is 66.5 Å². The first-order chi connectivity index (χ1) is 16.1. The maximum absolute atomic E-state index is 13.5. The molecule has 0 aliphatic carbocycles. The van der Waals surface area contributed by atoms with Gasteiger partial charge in [0.15, 0.2) is 0 Å². The summed E-state index contributed by atoms with van der Waals surface area (Å²) in [5.74, 6) is -0.417. The van der Waals surface area contributed by atoms with E-state index < -0.39 is 15.9 Å². The number of benzene rings is 3. The number of halogens is 3. The van der Waals surface area contributed by atoms with Crippen molar-refractivity contribution < 1.29 is 13.2 Å². The van der Waals surface area contributed by atoms with E-state index in [1.807, 2.05) is 26.0 Å². The van der Waals surface area contributed by atoms with Crippen LogP contribution in [0.5, 0.6) is 0 Å². The molecule has 0 bridgehead atoms. The lowest BCUT2D eigenvalue weighted by atomic mass is 10.0. The van der Waals surface area contributed by atoms with Crippen LogP contribution in [0.15, 0.2) is 74.5 Å². The first kappa shape index (κ1) is 26.9. The molecule has 0 atom stereocenters. The standard InChI is InChI=1S/C25H25Br2ClN2O3S/c1-3-17-13-21(27)14-18(4-2)25(17)29-24(31)16-30(15-19-7-5-6-8-23(19)28)34(32,33)22-11-9-20(26)10-12-22/h5-14H,3-4,15-16H2,1-2H3,(H,29,31). The number of hydrogen-bond donors (Lipinski definition) is 1. The molecule has 0 saturated heterocycles. The second-order valence-corrected chi connectivity index (χ2v) is 11.8. The molecule has 34 heavy (non-hydrogen) atoms. The molecule has 0 fully saturated rings. The summed E-state index contributed by atoms with van der Waals surface area (Å²) in [5, 5.41) is 3.40. The predicted octanol–water partition coefficient (Wildman–Crippen LogP) is 6.82. The van der Waals surface area contributed by atoms with Crippen molar-refractivity contribution in [3.8, 4) is 0 Å². The molecular weight excluding hydrogens is 604 g/mol. The Morgan fingerprint density at radius 1 is 0.912 bits per heavy atom. The van der Waals surface area contributed by atoms with Gasteiger partial charge in [0.25, 0.3) is 0 Å². The first-order valence-electron chi connectivity index (χ1n) is 10.8. The number of nitrogens with one attached hydrogen (secondary N) is 1. The highest BCUT2D eigenvalue weighted by molar-refractivity contribution is 9.10. The fourth-order valence-corrected chi connectivity index (χ4v) is 5.97. The maximum Gasteiger partial charge on any atom is 0.243 e. The minimum atomic E-state index is -3.97. The monoisotopic (exact) mass is 626 g/mol. The van der Waals surface area contributed by atoms with Crippen molar-refractivity contribution in [1.29, 1.82) is 0 Å². The van der Waals surface area contributed by atoms with Gasteiger partial charge in [-0.15, -0.1) is 0 Å². The van der Waals surface area contributed by atoms with Crippen LogP contribution in [0.2, 0.25) is 5.02 Å². The van der Waals surface area contributed by atoms with Gasteiger partial charge in [0.2, 0.25) is 15.9 Å². The Kier molecular flexibility index (Phi) is 9.34. The minimum absolute atomic E-state index is 0.0346. The van der Waals surface area contributed by atoms with Crippen molar-refractivity contribution in [3.63, 3.8) is 0 Å². The van der Waals surface area contributed by atoms with E-state index in [0.717, 1.165) is 42.9 Å². The molecule has 0 aliphatic heterocycles. The van der Waals surface area contributed by atoms with Crippen molar-refractivity contribution >= 4 is 65.1 Å². The quantitative estimate of drug-likeness (QED) is 0.283. The van der Waals surface area contributed by atoms with Gasteiger partial charge in [-0.25, -0.2) is 8.42 Å². The van der Waals surface area contributed by atoms with E-state index in [1.165, 1.54) is 12.1 Å². The van der Waals surface area contributed by atoms with Crippen LogP contribution in [-0.2, 0) is 34.2 Å². The lowest BCUT2D eigenvalue weighted by Gasteiger charge is -2.23. The molecular formula is C25H25Br2ClN2O3S. The summed E-state index contributed by atoms with van der Waals surface area (Å²) in [7, 11) is -3.97. The van der Waals surface area contributed by atoms with Crippen molar-refractivity contribution in [2.45, 2.75) is 38.1 Å². The predicted molar refractivity (Wildman–Crippen MR) is 145 cm³/mol. The van der Waals surface area contributed by atoms with Gasteiger partial charge < -0.3 is 5.32 Å². The number of anilines is 1. The number of amides is 1. The van der Waals surface area contributed by atoms with Crippen LogP contribution in [0.25, 0.3) is 0 Å². The largest absolute Gasteiger partial charge is 0.324 e. The van der Waals surface area contributed by atoms with E-state index in [2.05, 4.69) is 37.2 Å². The van der Waals surface area contributed by atoms with Crippen LogP contribution in [0.3, 0.4) is 0 Å². The summed E-state index contributed by atoms with van der Waals surface area (Å²) < 4.78 is 29.9. The minimum Gasteiger partial charge on any atom is -0.324 e. The highest BCUT2D eigenvalue weighted by Gasteiger charge is 2.28. The van der Waals surface area contributed by atoms with E-state index in [9.17, 15) is 13.2 Å². The van der Waals surface area contributed by atoms with E-state index in [0.29, 0.717) is 10.6 Å². The second kappa shape index (κ2) is 11.8. The average molecular weight is 629 g/mol. The molecule has 0 unspecified atom stereocenters. The van der Waals surface area contributed by atoms with Crippen molar-refractivity contribution in [2.75, 3.05) is 11.9 Å². The highest BCUT2D eigenvalue weighted by atomic mass is 79.9. The Bertz CT molecular complexity index is 1260. The van der Waals surface area contributed by atoms with Crippen LogP contribution in [0.1, 0.15) is 30.5 Å². The van der Waals surface area contributed by atoms with Gasteiger partial charge in [-0.05, 0) is 72.0 Å². The molecule has 0 radical (unpaired) electrons. The summed E-state index contributed by atoms with van der Waals surface area (Å²) in [6, 6.07) is 17.3. The number of carbonyl (C=O) groups excluding carboxylic acids is 1. The Labute approximate surface area is 222 Å². The zero-order valence-corrected chi connectivity index (χ0v) is 23.6. The highest BCUT2D eigenvalue weighted by Crippen LogP contribution is 2.28. The Balaban J connectivity index is 1.95. The Hall–Kier alpha value is -1.71. The zero-order chi connectivity index (χ0) is 24.9. The van der Waals surface area contributed by atoms with Crippen molar-refractivity contribution in [3.05, 3.63) is 91.3 Å². The van der Waals surface area contributed by atoms with Crippen LogP contribution in [-0.4, -0.2) is 25.2 Å². The summed E-state index contributed by atoms with van der Waals surface area (Å²) in [4.78, 5) is 13.3. The molecule has 3 aromatic carbocycles. The molecule has 1 amide bonds. The average Bonchev–Trinajstić information content (AvgIpc) is 2.81. The van der Waals surface area contributed by atoms with Crippen LogP contribution < -0.4 is 5.32 Å². The Morgan fingerprint density at radius 2 is 1.50 bits per heavy atom. The summed E-state index contributed by atoms with van der Waals surface area (Å²) in [6.07, 6.45) is 1.45. The van der Waals surface area contributed by atoms with Gasteiger partial charge in [0, 0.05) is 26.2 Å². The van der Waals surface area contributed by atoms with Gasteiger partial charge in [-0.2, -0.15) is 4.31 Å². The molecule has 1 N–H and O–H groups in total. The van der Waals surface area contributed by atoms with Crippen molar-refractivity contribution in [2.24, 2.45) is 0 Å². The van der Waals surface area contributed by atoms with E-state index in [-0.39, 0.29) is 18.0 Å². The molecule has 0 aromatic heterocycles. The second-order valence-electron chi connectivity index (χ2n) is 7.67. The third-order valence-corrected chi connectivity index (χ3v) is 8.53. The summed E-state index contributed by atoms with van der Waals surface area (Å²) >= 11 is 13.2. The molecule has 180 valence electrons. The molecule has 9 heteroatoms. The molecule has 0 heterocycles. The summed E-state index contributed by atoms with van der Waals surface area (Å²) in [5.41, 5.74) is 3.31. The first-order valence-corrected chi connectivity index (χ1v) is 14.2. The third-order valence-electron chi connectivity index (χ3n) is 5.37. The van der Waals surface area contributed by atoms with Crippen LogP contribution >= 0.6 is 43.5 Å². The fourth-order valence-electron chi connectivity index (χ4n) is 3.58. The van der Waals surface area contributed by atoms with Gasteiger partial charge >= 0.3 is 0 Å². The van der Waals surface area contributed by atoms with Gasteiger partial charge in [-0.3, -0.25) is 4.79 Å². The Morgan fingerprint density at radius 3 is 2.06 bits per heavy atom. The van der Waals surface area contributed by atoms with Gasteiger partial charge in [0.05, 0.1) is 11.4 Å². The number of rotatable bonds is 9. The number of nitrogens with zero attached hydrogens (tertiary/aromatic N) is 1. The van der Waals surface area contributed by atoms with Crippen LogP contribution in [0.4, 0.5) is 5.69 Å². The number of carbonyl (C=O) groups is 1. The lowest BCUT2D eigenvalue weighted by molar-refractivity contribution is -0.116. The number of aryl methyl sites for hydroxylation is 2. The molecule has 3 aromatic rings. The van der Waals surface area contributed by atoms with Gasteiger partial charge in [-0.1, -0.05) is 75.5 Å². The van der Waals surface area contributed by atoms with Crippen LogP contribution in [0, 0.1) is 0 Å². The molecule has 0 aliphatic rings. The lowest BCUT2D eigenvalue weighted by Crippen LogP contribution is -2.38. The van der Waals surface area contributed by atoms with E-state index in [4.69, 9.17) is 11.6 Å². The SMILES string of the molecule is CCc1cc(Br)cc(CC)c1NC(=O)CN(Cc1ccccc1Cl)S(=O)(=O)c1ccc(Br)cc1. The van der Waals surface area contributed by atoms with E-state index >= 15 is 0 Å². The number of sulfonamides is 1.